The van der Waals surface area contributed by atoms with Crippen LogP contribution in [0.2, 0.25) is 0 Å². The van der Waals surface area contributed by atoms with Crippen LogP contribution in [-0.2, 0) is 39.6 Å². The normalized spacial score (nSPS) is 17.8. The third kappa shape index (κ3) is 4.67. The standard InChI is InChI=1S/C31H25F4N3O6/c1-3-30(42)20-10-23-25-18(12-38(23)27(39)19(20)14-43-28(30)40)24(17-9-15(2)21(32)11-22(17)36-25)26(31(33,34)35)37-29(41)44-13-16-7-5-4-6-8-16/h4-11,26,42H,3,12-14H2,1-2H3,(H,37,41)/t26-,30-/m0/s1. The monoisotopic (exact) mass is 611 g/mol. The average Bonchev–Trinajstić information content (AvgIpc) is 3.35. The number of alkyl carbamates (subject to hydrolysis) is 1. The van der Waals surface area contributed by atoms with E-state index in [-0.39, 0.29) is 64.1 Å². The molecule has 44 heavy (non-hydrogen) atoms. The highest BCUT2D eigenvalue weighted by atomic mass is 19.4. The summed E-state index contributed by atoms with van der Waals surface area (Å²) in [4.78, 5) is 43.3. The Morgan fingerprint density at radius 2 is 1.91 bits per heavy atom. The van der Waals surface area contributed by atoms with Gasteiger partial charge in [-0.1, -0.05) is 37.3 Å². The van der Waals surface area contributed by atoms with Crippen molar-refractivity contribution in [1.29, 1.82) is 0 Å². The Morgan fingerprint density at radius 3 is 2.59 bits per heavy atom. The van der Waals surface area contributed by atoms with Crippen molar-refractivity contribution in [3.8, 4) is 11.4 Å². The van der Waals surface area contributed by atoms with Gasteiger partial charge in [0.15, 0.2) is 11.6 Å². The van der Waals surface area contributed by atoms with Crippen molar-refractivity contribution in [3.05, 3.63) is 98.1 Å². The van der Waals surface area contributed by atoms with Gasteiger partial charge >= 0.3 is 18.2 Å². The molecule has 0 radical (unpaired) electrons. The summed E-state index contributed by atoms with van der Waals surface area (Å²) >= 11 is 0. The van der Waals surface area contributed by atoms with Crippen LogP contribution in [0.4, 0.5) is 22.4 Å². The van der Waals surface area contributed by atoms with Gasteiger partial charge in [-0.2, -0.15) is 13.2 Å². The number of carbonyl (C=O) groups excluding carboxylic acids is 2. The summed E-state index contributed by atoms with van der Waals surface area (Å²) in [6.45, 7) is 1.80. The Balaban J connectivity index is 1.53. The molecule has 4 aromatic rings. The van der Waals surface area contributed by atoms with E-state index in [4.69, 9.17) is 9.47 Å². The number of rotatable bonds is 5. The molecule has 0 aliphatic carbocycles. The van der Waals surface area contributed by atoms with Crippen LogP contribution in [0.3, 0.4) is 0 Å². The van der Waals surface area contributed by atoms with E-state index in [1.807, 2.05) is 5.32 Å². The fourth-order valence-corrected chi connectivity index (χ4v) is 5.77. The number of esters is 1. The first-order valence-electron chi connectivity index (χ1n) is 13.7. The number of pyridine rings is 2. The van der Waals surface area contributed by atoms with Crippen LogP contribution in [0.5, 0.6) is 0 Å². The molecule has 0 unspecified atom stereocenters. The molecule has 0 bridgehead atoms. The number of hydrogen-bond donors (Lipinski definition) is 2. The van der Waals surface area contributed by atoms with Crippen LogP contribution in [-0.4, -0.2) is 32.9 Å². The maximum Gasteiger partial charge on any atom is 0.413 e. The molecular weight excluding hydrogens is 586 g/mol. The van der Waals surface area contributed by atoms with Gasteiger partial charge in [0.05, 0.1) is 29.0 Å². The van der Waals surface area contributed by atoms with Gasteiger partial charge in [-0.15, -0.1) is 0 Å². The number of nitrogens with one attached hydrogen (secondary N) is 1. The highest BCUT2D eigenvalue weighted by Gasteiger charge is 2.48. The number of aliphatic hydroxyl groups is 1. The van der Waals surface area contributed by atoms with Gasteiger partial charge in [0, 0.05) is 28.1 Å². The van der Waals surface area contributed by atoms with Gasteiger partial charge in [0.1, 0.15) is 19.0 Å². The van der Waals surface area contributed by atoms with Gasteiger partial charge in [0.25, 0.3) is 5.56 Å². The summed E-state index contributed by atoms with van der Waals surface area (Å²) < 4.78 is 70.5. The van der Waals surface area contributed by atoms with Crippen molar-refractivity contribution in [3.63, 3.8) is 0 Å². The summed E-state index contributed by atoms with van der Waals surface area (Å²) in [5.74, 6) is -1.69. The predicted molar refractivity (Wildman–Crippen MR) is 148 cm³/mol. The number of cyclic esters (lactones) is 1. The number of benzene rings is 2. The number of aryl methyl sites for hydroxylation is 1. The number of fused-ring (bicyclic) bond motifs is 5. The largest absolute Gasteiger partial charge is 0.458 e. The lowest BCUT2D eigenvalue weighted by molar-refractivity contribution is -0.172. The third-order valence-electron chi connectivity index (χ3n) is 8.10. The average molecular weight is 612 g/mol. The van der Waals surface area contributed by atoms with Crippen molar-refractivity contribution >= 4 is 23.0 Å². The van der Waals surface area contributed by atoms with Gasteiger partial charge in [-0.3, -0.25) is 4.79 Å². The molecule has 2 aromatic heterocycles. The second kappa shape index (κ2) is 10.4. The summed E-state index contributed by atoms with van der Waals surface area (Å²) in [7, 11) is 0. The maximum absolute atomic E-state index is 14.8. The lowest BCUT2D eigenvalue weighted by Crippen LogP contribution is -2.44. The number of carbonyl (C=O) groups is 2. The summed E-state index contributed by atoms with van der Waals surface area (Å²) in [5, 5.41) is 13.0. The molecule has 0 spiro atoms. The fourth-order valence-electron chi connectivity index (χ4n) is 5.77. The van der Waals surface area contributed by atoms with Gasteiger partial charge in [-0.25, -0.2) is 19.0 Å². The summed E-state index contributed by atoms with van der Waals surface area (Å²) in [6.07, 6.45) is -6.54. The molecule has 0 fully saturated rings. The van der Waals surface area contributed by atoms with Crippen LogP contribution in [0, 0.1) is 12.7 Å². The minimum absolute atomic E-state index is 0.0199. The molecule has 6 rings (SSSR count). The predicted octanol–water partition coefficient (Wildman–Crippen LogP) is 5.06. The van der Waals surface area contributed by atoms with Crippen LogP contribution < -0.4 is 10.9 Å². The molecular formula is C31H25F4N3O6. The van der Waals surface area contributed by atoms with E-state index in [1.54, 1.807) is 30.3 Å². The van der Waals surface area contributed by atoms with E-state index < -0.39 is 53.4 Å². The van der Waals surface area contributed by atoms with E-state index in [9.17, 15) is 37.1 Å². The Hall–Kier alpha value is -4.78. The maximum atomic E-state index is 14.8. The van der Waals surface area contributed by atoms with Gasteiger partial charge in [0.2, 0.25) is 0 Å². The third-order valence-corrected chi connectivity index (χ3v) is 8.10. The van der Waals surface area contributed by atoms with E-state index in [0.29, 0.717) is 5.56 Å². The number of ether oxygens (including phenoxy) is 2. The number of halogens is 4. The Bertz CT molecular complexity index is 1910. The molecule has 2 aliphatic heterocycles. The molecule has 2 aliphatic rings. The van der Waals surface area contributed by atoms with Crippen molar-refractivity contribution in [2.24, 2.45) is 0 Å². The molecule has 2 atom stereocenters. The van der Waals surface area contributed by atoms with Crippen molar-refractivity contribution in [2.75, 3.05) is 0 Å². The first kappa shape index (κ1) is 29.3. The second-order valence-electron chi connectivity index (χ2n) is 10.8. The molecule has 228 valence electrons. The van der Waals surface area contributed by atoms with Crippen molar-refractivity contribution in [2.45, 2.75) is 57.8 Å². The van der Waals surface area contributed by atoms with E-state index in [0.717, 1.165) is 6.07 Å². The number of amides is 1. The molecule has 2 N–H and O–H groups in total. The molecule has 2 aromatic carbocycles. The first-order valence-corrected chi connectivity index (χ1v) is 13.7. The highest BCUT2D eigenvalue weighted by molar-refractivity contribution is 5.90. The smallest absolute Gasteiger partial charge is 0.413 e. The minimum Gasteiger partial charge on any atom is -0.458 e. The summed E-state index contributed by atoms with van der Waals surface area (Å²) in [6, 6.07) is 9.28. The van der Waals surface area contributed by atoms with Gasteiger partial charge in [-0.05, 0) is 36.6 Å². The Kier molecular flexibility index (Phi) is 6.95. The highest BCUT2D eigenvalue weighted by Crippen LogP contribution is 2.45. The van der Waals surface area contributed by atoms with E-state index in [1.165, 1.54) is 30.5 Å². The zero-order valence-electron chi connectivity index (χ0n) is 23.4. The molecule has 1 amide bonds. The molecule has 4 heterocycles. The number of alkyl halides is 3. The minimum atomic E-state index is -5.06. The van der Waals surface area contributed by atoms with Crippen molar-refractivity contribution < 1.29 is 41.7 Å². The molecule has 0 saturated heterocycles. The first-order chi connectivity index (χ1) is 20.8. The molecule has 0 saturated carbocycles. The van der Waals surface area contributed by atoms with Crippen LogP contribution in [0.25, 0.3) is 22.3 Å². The van der Waals surface area contributed by atoms with Crippen molar-refractivity contribution in [1.82, 2.24) is 14.9 Å². The topological polar surface area (TPSA) is 120 Å². The fraction of sp³-hybridized carbons (Fsp3) is 0.290. The number of hydrogen-bond acceptors (Lipinski definition) is 7. The second-order valence-corrected chi connectivity index (χ2v) is 10.8. The zero-order valence-corrected chi connectivity index (χ0v) is 23.4. The summed E-state index contributed by atoms with van der Waals surface area (Å²) in [5.41, 5.74) is -2.98. The SMILES string of the molecule is CC[C@@]1(O)C(=O)OCc2c1cc1n(c2=O)Cc2c-1nc1cc(F)c(C)cc1c2[C@H](NC(=O)OCc1ccccc1)C(F)(F)F. The van der Waals surface area contributed by atoms with E-state index in [2.05, 4.69) is 4.98 Å². The Morgan fingerprint density at radius 1 is 1.18 bits per heavy atom. The quantitative estimate of drug-likeness (QED) is 0.211. The number of aromatic nitrogens is 2. The van der Waals surface area contributed by atoms with Crippen LogP contribution in [0.15, 0.2) is 53.3 Å². The van der Waals surface area contributed by atoms with E-state index >= 15 is 0 Å². The number of nitrogens with zero attached hydrogens (tertiary/aromatic N) is 2. The lowest BCUT2D eigenvalue weighted by atomic mass is 9.86. The van der Waals surface area contributed by atoms with Gasteiger partial charge < -0.3 is 24.5 Å². The van der Waals surface area contributed by atoms with Crippen LogP contribution in [0.1, 0.15) is 52.8 Å². The van der Waals surface area contributed by atoms with Crippen LogP contribution >= 0.6 is 0 Å². The lowest BCUT2D eigenvalue weighted by Gasteiger charge is -2.31. The zero-order chi connectivity index (χ0) is 31.6. The molecule has 9 nitrogen and oxygen atoms in total. The Labute approximate surface area is 247 Å². The molecule has 13 heteroatoms.